The highest BCUT2D eigenvalue weighted by molar-refractivity contribution is 6.36. The molecule has 1 amide bonds. The zero-order chi connectivity index (χ0) is 21.8. The molecular weight excluding hydrogens is 436 g/mol. The molecular formula is C24H20Cl2FN3O. The number of amides is 1. The van der Waals surface area contributed by atoms with E-state index in [1.165, 1.54) is 24.3 Å². The minimum Gasteiger partial charge on any atom is -0.352 e. The van der Waals surface area contributed by atoms with Crippen molar-refractivity contribution in [3.63, 3.8) is 0 Å². The highest BCUT2D eigenvalue weighted by Gasteiger charge is 2.14. The molecule has 4 nitrogen and oxygen atoms in total. The van der Waals surface area contributed by atoms with Crippen LogP contribution in [0.25, 0.3) is 11.0 Å². The molecule has 4 rings (SSSR count). The predicted molar refractivity (Wildman–Crippen MR) is 122 cm³/mol. The number of fused-ring (bicyclic) bond motifs is 1. The monoisotopic (exact) mass is 455 g/mol. The molecule has 1 heterocycles. The van der Waals surface area contributed by atoms with E-state index in [2.05, 4.69) is 9.88 Å². The van der Waals surface area contributed by atoms with Gasteiger partial charge in [-0.2, -0.15) is 0 Å². The van der Waals surface area contributed by atoms with Gasteiger partial charge < -0.3 is 9.88 Å². The zero-order valence-corrected chi connectivity index (χ0v) is 18.1. The van der Waals surface area contributed by atoms with E-state index in [-0.39, 0.29) is 11.7 Å². The maximum atomic E-state index is 13.0. The van der Waals surface area contributed by atoms with Gasteiger partial charge in [0.05, 0.1) is 17.6 Å². The first-order valence-corrected chi connectivity index (χ1v) is 10.7. The van der Waals surface area contributed by atoms with Gasteiger partial charge in [-0.15, -0.1) is 0 Å². The van der Waals surface area contributed by atoms with Gasteiger partial charge in [-0.05, 0) is 55.0 Å². The Balaban J connectivity index is 1.48. The highest BCUT2D eigenvalue weighted by Crippen LogP contribution is 2.27. The molecule has 0 saturated heterocycles. The Morgan fingerprint density at radius 2 is 1.68 bits per heavy atom. The third-order valence-corrected chi connectivity index (χ3v) is 5.79. The summed E-state index contributed by atoms with van der Waals surface area (Å²) < 4.78 is 15.1. The predicted octanol–water partition coefficient (Wildman–Crippen LogP) is 5.89. The molecule has 0 atom stereocenters. The van der Waals surface area contributed by atoms with E-state index in [1.807, 2.05) is 42.5 Å². The maximum absolute atomic E-state index is 13.0. The van der Waals surface area contributed by atoms with Crippen LogP contribution in [0.1, 0.15) is 28.2 Å². The molecule has 3 aromatic carbocycles. The lowest BCUT2D eigenvalue weighted by atomic mass is 10.2. The van der Waals surface area contributed by atoms with Crippen molar-refractivity contribution in [3.05, 3.63) is 99.5 Å². The summed E-state index contributed by atoms with van der Waals surface area (Å²) in [5.74, 6) is 0.304. The van der Waals surface area contributed by atoms with Gasteiger partial charge in [0.1, 0.15) is 11.6 Å². The summed E-state index contributed by atoms with van der Waals surface area (Å²) in [5.41, 5.74) is 3.18. The summed E-state index contributed by atoms with van der Waals surface area (Å²) in [6.07, 6.45) is 1.37. The zero-order valence-electron chi connectivity index (χ0n) is 16.6. The van der Waals surface area contributed by atoms with Crippen LogP contribution < -0.4 is 5.32 Å². The minimum absolute atomic E-state index is 0.226. The number of hydrogen-bond donors (Lipinski definition) is 1. The van der Waals surface area contributed by atoms with Crippen molar-refractivity contribution in [2.24, 2.45) is 0 Å². The lowest BCUT2D eigenvalue weighted by Gasteiger charge is -2.12. The van der Waals surface area contributed by atoms with Crippen molar-refractivity contribution in [2.75, 3.05) is 6.54 Å². The van der Waals surface area contributed by atoms with E-state index in [0.717, 1.165) is 22.4 Å². The molecule has 1 aromatic heterocycles. The Morgan fingerprint density at radius 3 is 2.42 bits per heavy atom. The number of rotatable bonds is 7. The Morgan fingerprint density at radius 1 is 0.968 bits per heavy atom. The molecule has 1 N–H and O–H groups in total. The van der Waals surface area contributed by atoms with Crippen LogP contribution in [-0.2, 0) is 13.0 Å². The van der Waals surface area contributed by atoms with E-state index < -0.39 is 0 Å². The molecule has 0 aliphatic heterocycles. The number of nitrogens with one attached hydrogen (secondary N) is 1. The van der Waals surface area contributed by atoms with Gasteiger partial charge in [-0.1, -0.05) is 41.4 Å². The number of halogens is 3. The number of hydrogen-bond acceptors (Lipinski definition) is 2. The first-order chi connectivity index (χ1) is 15.0. The van der Waals surface area contributed by atoms with Crippen LogP contribution in [0.2, 0.25) is 10.0 Å². The van der Waals surface area contributed by atoms with Gasteiger partial charge in [0.15, 0.2) is 0 Å². The van der Waals surface area contributed by atoms with Gasteiger partial charge >= 0.3 is 0 Å². The Hall–Kier alpha value is -2.89. The minimum atomic E-state index is -0.367. The average Bonchev–Trinajstić information content (AvgIpc) is 3.11. The normalized spacial score (nSPS) is 11.1. The summed E-state index contributed by atoms with van der Waals surface area (Å²) in [5, 5.41) is 4.10. The van der Waals surface area contributed by atoms with Crippen molar-refractivity contribution in [3.8, 4) is 0 Å². The van der Waals surface area contributed by atoms with Crippen molar-refractivity contribution in [1.82, 2.24) is 14.9 Å². The average molecular weight is 456 g/mol. The van der Waals surface area contributed by atoms with E-state index in [9.17, 15) is 9.18 Å². The SMILES string of the molecule is O=C(NCCCc1nc2ccccc2n1Cc1c(Cl)cccc1Cl)c1ccc(F)cc1. The number of carbonyl (C=O) groups is 1. The van der Waals surface area contributed by atoms with Gasteiger partial charge in [0, 0.05) is 34.1 Å². The highest BCUT2D eigenvalue weighted by atomic mass is 35.5. The first kappa shape index (κ1) is 21.3. The second-order valence-electron chi connectivity index (χ2n) is 7.17. The van der Waals surface area contributed by atoms with Crippen LogP contribution in [0, 0.1) is 5.82 Å². The molecule has 0 bridgehead atoms. The summed E-state index contributed by atoms with van der Waals surface area (Å²) in [4.78, 5) is 17.0. The second kappa shape index (κ2) is 9.50. The molecule has 4 aromatic rings. The van der Waals surface area contributed by atoms with Crippen LogP contribution in [-0.4, -0.2) is 22.0 Å². The molecule has 0 fully saturated rings. The van der Waals surface area contributed by atoms with E-state index in [4.69, 9.17) is 28.2 Å². The van der Waals surface area contributed by atoms with Crippen LogP contribution in [0.5, 0.6) is 0 Å². The van der Waals surface area contributed by atoms with Gasteiger partial charge in [-0.3, -0.25) is 4.79 Å². The van der Waals surface area contributed by atoms with Gasteiger partial charge in [0.2, 0.25) is 0 Å². The number of para-hydroxylation sites is 2. The summed E-state index contributed by atoms with van der Waals surface area (Å²) in [6, 6.07) is 18.9. The van der Waals surface area contributed by atoms with Crippen LogP contribution in [0.4, 0.5) is 4.39 Å². The molecule has 0 aliphatic rings. The van der Waals surface area contributed by atoms with E-state index in [0.29, 0.717) is 41.5 Å². The van der Waals surface area contributed by atoms with Gasteiger partial charge in [0.25, 0.3) is 5.91 Å². The molecule has 0 radical (unpaired) electrons. The maximum Gasteiger partial charge on any atom is 0.251 e. The molecule has 158 valence electrons. The number of aryl methyl sites for hydroxylation is 1. The molecule has 0 spiro atoms. The molecule has 0 aliphatic carbocycles. The number of aromatic nitrogens is 2. The number of carbonyl (C=O) groups excluding carboxylic acids is 1. The van der Waals surface area contributed by atoms with Gasteiger partial charge in [-0.25, -0.2) is 9.37 Å². The number of imidazole rings is 1. The van der Waals surface area contributed by atoms with Crippen molar-refractivity contribution in [2.45, 2.75) is 19.4 Å². The van der Waals surface area contributed by atoms with Crippen molar-refractivity contribution < 1.29 is 9.18 Å². The molecule has 0 saturated carbocycles. The summed E-state index contributed by atoms with van der Waals surface area (Å²) in [6.45, 7) is 0.989. The summed E-state index contributed by atoms with van der Waals surface area (Å²) in [7, 11) is 0. The quantitative estimate of drug-likeness (QED) is 0.353. The van der Waals surface area contributed by atoms with Crippen molar-refractivity contribution in [1.29, 1.82) is 0 Å². The van der Waals surface area contributed by atoms with E-state index >= 15 is 0 Å². The summed E-state index contributed by atoms with van der Waals surface area (Å²) >= 11 is 12.8. The Bertz CT molecular complexity index is 1200. The first-order valence-electron chi connectivity index (χ1n) is 9.94. The largest absolute Gasteiger partial charge is 0.352 e. The van der Waals surface area contributed by atoms with Crippen LogP contribution in [0.15, 0.2) is 66.7 Å². The smallest absolute Gasteiger partial charge is 0.251 e. The van der Waals surface area contributed by atoms with E-state index in [1.54, 1.807) is 0 Å². The fourth-order valence-corrected chi connectivity index (χ4v) is 4.00. The fraction of sp³-hybridized carbons (Fsp3) is 0.167. The standard InChI is InChI=1S/C24H20Cl2FN3O/c25-19-5-3-6-20(26)18(19)15-30-22-8-2-1-7-21(22)29-23(30)9-4-14-28-24(31)16-10-12-17(27)13-11-16/h1-3,5-8,10-13H,4,9,14-15H2,(H,28,31). The Kier molecular flexibility index (Phi) is 6.54. The second-order valence-corrected chi connectivity index (χ2v) is 7.98. The third-order valence-electron chi connectivity index (χ3n) is 5.08. The van der Waals surface area contributed by atoms with Crippen LogP contribution >= 0.6 is 23.2 Å². The third kappa shape index (κ3) is 4.89. The van der Waals surface area contributed by atoms with Crippen LogP contribution in [0.3, 0.4) is 0 Å². The molecule has 31 heavy (non-hydrogen) atoms. The number of benzene rings is 3. The molecule has 7 heteroatoms. The topological polar surface area (TPSA) is 46.9 Å². The molecule has 0 unspecified atom stereocenters. The Labute approximate surface area is 189 Å². The number of nitrogens with zero attached hydrogens (tertiary/aromatic N) is 2. The lowest BCUT2D eigenvalue weighted by molar-refractivity contribution is 0.0953. The fourth-order valence-electron chi connectivity index (χ4n) is 3.49. The lowest BCUT2D eigenvalue weighted by Crippen LogP contribution is -2.25. The van der Waals surface area contributed by atoms with Crippen molar-refractivity contribution >= 4 is 40.1 Å².